The van der Waals surface area contributed by atoms with Gasteiger partial charge in [-0.3, -0.25) is 4.72 Å². The van der Waals surface area contributed by atoms with Crippen LogP contribution in [0.2, 0.25) is 5.02 Å². The largest absolute Gasteiger partial charge is 0.495 e. The molecule has 136 valence electrons. The number of sulfonamides is 1. The summed E-state index contributed by atoms with van der Waals surface area (Å²) < 4.78 is 43.2. The summed E-state index contributed by atoms with van der Waals surface area (Å²) in [6.07, 6.45) is 0. The molecular weight excluding hydrogens is 382 g/mol. The molecule has 1 N–H and O–H groups in total. The first-order valence-corrected chi connectivity index (χ1v) is 9.18. The van der Waals surface area contributed by atoms with Gasteiger partial charge in [0.15, 0.2) is 0 Å². The van der Waals surface area contributed by atoms with Crippen LogP contribution in [0.4, 0.5) is 5.69 Å². The van der Waals surface area contributed by atoms with Crippen LogP contribution in [0.15, 0.2) is 56.6 Å². The Hall–Kier alpha value is -2.71. The molecule has 0 saturated heterocycles. The summed E-state index contributed by atoms with van der Waals surface area (Å²) in [7, 11) is -1.12. The van der Waals surface area contributed by atoms with Crippen molar-refractivity contribution in [1.29, 1.82) is 0 Å². The van der Waals surface area contributed by atoms with Crippen molar-refractivity contribution in [2.45, 2.75) is 4.90 Å². The molecule has 0 radical (unpaired) electrons. The van der Waals surface area contributed by atoms with Crippen molar-refractivity contribution < 1.29 is 22.3 Å². The van der Waals surface area contributed by atoms with Gasteiger partial charge in [0.1, 0.15) is 17.1 Å². The minimum Gasteiger partial charge on any atom is -0.495 e. The molecule has 7 nitrogen and oxygen atoms in total. The van der Waals surface area contributed by atoms with Gasteiger partial charge in [-0.25, -0.2) is 13.2 Å². The highest BCUT2D eigenvalue weighted by atomic mass is 35.5. The Morgan fingerprint density at radius 3 is 2.42 bits per heavy atom. The van der Waals surface area contributed by atoms with E-state index >= 15 is 0 Å². The highest BCUT2D eigenvalue weighted by Gasteiger charge is 2.19. The topological polar surface area (TPSA) is 94.8 Å². The molecule has 0 amide bonds. The number of anilines is 1. The van der Waals surface area contributed by atoms with Crippen molar-refractivity contribution in [1.82, 2.24) is 0 Å². The van der Waals surface area contributed by atoms with Crippen LogP contribution in [0.1, 0.15) is 0 Å². The maximum absolute atomic E-state index is 12.7. The quantitative estimate of drug-likeness (QED) is 0.666. The van der Waals surface area contributed by atoms with Gasteiger partial charge in [0.2, 0.25) is 0 Å². The molecular formula is C17H14ClNO6S. The van der Waals surface area contributed by atoms with Gasteiger partial charge in [0, 0.05) is 23.6 Å². The Labute approximate surface area is 154 Å². The molecule has 2 aromatic carbocycles. The SMILES string of the molecule is COc1cc(NS(=O)(=O)c2ccc3oc(=O)ccc3c2)c(OC)cc1Cl. The van der Waals surface area contributed by atoms with Crippen LogP contribution >= 0.6 is 11.6 Å². The van der Waals surface area contributed by atoms with Crippen molar-refractivity contribution in [3.8, 4) is 11.5 Å². The summed E-state index contributed by atoms with van der Waals surface area (Å²) in [5.74, 6) is 0.539. The number of fused-ring (bicyclic) bond motifs is 1. The van der Waals surface area contributed by atoms with Crippen LogP contribution < -0.4 is 19.8 Å². The number of rotatable bonds is 5. The lowest BCUT2D eigenvalue weighted by molar-refractivity contribution is 0.405. The highest BCUT2D eigenvalue weighted by Crippen LogP contribution is 2.37. The number of halogens is 1. The summed E-state index contributed by atoms with van der Waals surface area (Å²) in [6, 6.07) is 9.76. The van der Waals surface area contributed by atoms with E-state index in [1.165, 1.54) is 56.7 Å². The summed E-state index contributed by atoms with van der Waals surface area (Å²) >= 11 is 6.03. The zero-order valence-corrected chi connectivity index (χ0v) is 15.3. The average molecular weight is 396 g/mol. The molecule has 0 saturated carbocycles. The van der Waals surface area contributed by atoms with Gasteiger partial charge in [-0.1, -0.05) is 11.6 Å². The minimum atomic E-state index is -3.93. The third kappa shape index (κ3) is 3.47. The van der Waals surface area contributed by atoms with Gasteiger partial charge < -0.3 is 13.9 Å². The molecule has 0 bridgehead atoms. The second kappa shape index (κ2) is 6.89. The lowest BCUT2D eigenvalue weighted by atomic mass is 10.2. The smallest absolute Gasteiger partial charge is 0.336 e. The molecule has 0 spiro atoms. The second-order valence-corrected chi connectivity index (χ2v) is 7.34. The molecule has 1 heterocycles. The van der Waals surface area contributed by atoms with E-state index in [1.54, 1.807) is 0 Å². The predicted octanol–water partition coefficient (Wildman–Crippen LogP) is 3.26. The van der Waals surface area contributed by atoms with Crippen LogP contribution in [0.5, 0.6) is 11.5 Å². The number of benzene rings is 2. The lowest BCUT2D eigenvalue weighted by Gasteiger charge is -2.14. The molecule has 0 atom stereocenters. The maximum Gasteiger partial charge on any atom is 0.336 e. The Bertz CT molecular complexity index is 1140. The summed E-state index contributed by atoms with van der Waals surface area (Å²) in [6.45, 7) is 0. The third-order valence-electron chi connectivity index (χ3n) is 3.62. The van der Waals surface area contributed by atoms with Crippen LogP contribution in [0.25, 0.3) is 11.0 Å². The van der Waals surface area contributed by atoms with E-state index in [9.17, 15) is 13.2 Å². The Morgan fingerprint density at radius 1 is 1.00 bits per heavy atom. The molecule has 26 heavy (non-hydrogen) atoms. The molecule has 0 aliphatic rings. The van der Waals surface area contributed by atoms with Crippen LogP contribution in [-0.4, -0.2) is 22.6 Å². The third-order valence-corrected chi connectivity index (χ3v) is 5.28. The van der Waals surface area contributed by atoms with Gasteiger partial charge >= 0.3 is 5.63 Å². The second-order valence-electron chi connectivity index (χ2n) is 5.25. The first kappa shape index (κ1) is 18.1. The Morgan fingerprint density at radius 2 is 1.73 bits per heavy atom. The van der Waals surface area contributed by atoms with Crippen LogP contribution in [-0.2, 0) is 10.0 Å². The van der Waals surface area contributed by atoms with E-state index in [-0.39, 0.29) is 21.4 Å². The fourth-order valence-electron chi connectivity index (χ4n) is 2.36. The fourth-order valence-corrected chi connectivity index (χ4v) is 3.69. The number of nitrogens with one attached hydrogen (secondary N) is 1. The zero-order valence-electron chi connectivity index (χ0n) is 13.8. The van der Waals surface area contributed by atoms with Gasteiger partial charge in [0.05, 0.1) is 29.8 Å². The summed E-state index contributed by atoms with van der Waals surface area (Å²) in [4.78, 5) is 11.2. The van der Waals surface area contributed by atoms with Crippen LogP contribution in [0.3, 0.4) is 0 Å². The summed E-state index contributed by atoms with van der Waals surface area (Å²) in [5, 5.41) is 0.765. The van der Waals surface area contributed by atoms with E-state index in [0.717, 1.165) is 0 Å². The monoisotopic (exact) mass is 395 g/mol. The van der Waals surface area contributed by atoms with E-state index in [1.807, 2.05) is 0 Å². The normalized spacial score (nSPS) is 11.3. The number of methoxy groups -OCH3 is 2. The minimum absolute atomic E-state index is 0.00480. The number of ether oxygens (including phenoxy) is 2. The average Bonchev–Trinajstić information content (AvgIpc) is 2.62. The fraction of sp³-hybridized carbons (Fsp3) is 0.118. The van der Waals surface area contributed by atoms with Crippen molar-refractivity contribution in [2.24, 2.45) is 0 Å². The van der Waals surface area contributed by atoms with E-state index in [2.05, 4.69) is 4.72 Å². The molecule has 3 rings (SSSR count). The van der Waals surface area contributed by atoms with Crippen LogP contribution in [0, 0.1) is 0 Å². The van der Waals surface area contributed by atoms with Gasteiger partial charge in [-0.05, 0) is 24.3 Å². The van der Waals surface area contributed by atoms with Gasteiger partial charge in [-0.15, -0.1) is 0 Å². The first-order valence-electron chi connectivity index (χ1n) is 7.32. The molecule has 9 heteroatoms. The van der Waals surface area contributed by atoms with Crippen molar-refractivity contribution in [3.05, 3.63) is 57.9 Å². The lowest BCUT2D eigenvalue weighted by Crippen LogP contribution is -2.14. The number of hydrogen-bond acceptors (Lipinski definition) is 6. The highest BCUT2D eigenvalue weighted by molar-refractivity contribution is 7.92. The standard InChI is InChI=1S/C17H14ClNO6S/c1-23-15-9-13(16(24-2)8-12(15)18)19-26(21,22)11-4-5-14-10(7-11)3-6-17(20)25-14/h3-9,19H,1-2H3. The van der Waals surface area contributed by atoms with E-state index in [0.29, 0.717) is 16.7 Å². The Kier molecular flexibility index (Phi) is 4.80. The summed E-state index contributed by atoms with van der Waals surface area (Å²) in [5.41, 5.74) is -0.0418. The Balaban J connectivity index is 2.04. The number of hydrogen-bond donors (Lipinski definition) is 1. The molecule has 0 unspecified atom stereocenters. The van der Waals surface area contributed by atoms with Gasteiger partial charge in [-0.2, -0.15) is 0 Å². The maximum atomic E-state index is 12.7. The van der Waals surface area contributed by atoms with E-state index in [4.69, 9.17) is 25.5 Å². The molecule has 0 fully saturated rings. The molecule has 1 aromatic heterocycles. The van der Waals surface area contributed by atoms with Crippen molar-refractivity contribution >= 4 is 38.3 Å². The van der Waals surface area contributed by atoms with Gasteiger partial charge in [0.25, 0.3) is 10.0 Å². The molecule has 3 aromatic rings. The molecule has 0 aliphatic carbocycles. The van der Waals surface area contributed by atoms with Crippen molar-refractivity contribution in [3.63, 3.8) is 0 Å². The predicted molar refractivity (Wildman–Crippen MR) is 97.8 cm³/mol. The van der Waals surface area contributed by atoms with Crippen molar-refractivity contribution in [2.75, 3.05) is 18.9 Å². The van der Waals surface area contributed by atoms with E-state index < -0.39 is 15.6 Å². The first-order chi connectivity index (χ1) is 12.3. The zero-order chi connectivity index (χ0) is 18.9. The molecule has 0 aliphatic heterocycles.